The van der Waals surface area contributed by atoms with Crippen molar-refractivity contribution in [2.24, 2.45) is 0 Å². The Morgan fingerprint density at radius 2 is 2.45 bits per heavy atom. The quantitative estimate of drug-likeness (QED) is 0.843. The maximum absolute atomic E-state index is 11.7. The molecule has 0 bridgehead atoms. The summed E-state index contributed by atoms with van der Waals surface area (Å²) in [7, 11) is 0. The standard InChI is InChI=1S/C6H9BrFN3/c7-5-4-11(3-1-2-8)10-6(5)9/h4H,1-3H2,(H2,9,10). The fourth-order valence-corrected chi connectivity index (χ4v) is 1.06. The molecule has 0 spiro atoms. The van der Waals surface area contributed by atoms with Gasteiger partial charge >= 0.3 is 0 Å². The molecule has 1 rings (SSSR count). The minimum atomic E-state index is -0.322. The highest BCUT2D eigenvalue weighted by Gasteiger charge is 2.00. The van der Waals surface area contributed by atoms with E-state index in [4.69, 9.17) is 5.73 Å². The summed E-state index contributed by atoms with van der Waals surface area (Å²) in [6.07, 6.45) is 2.22. The smallest absolute Gasteiger partial charge is 0.159 e. The van der Waals surface area contributed by atoms with Crippen molar-refractivity contribution in [3.63, 3.8) is 0 Å². The molecule has 0 radical (unpaired) electrons. The second kappa shape index (κ2) is 3.71. The van der Waals surface area contributed by atoms with Gasteiger partial charge in [0.15, 0.2) is 5.82 Å². The van der Waals surface area contributed by atoms with Gasteiger partial charge in [0.25, 0.3) is 0 Å². The molecule has 0 aliphatic carbocycles. The van der Waals surface area contributed by atoms with Crippen molar-refractivity contribution in [2.75, 3.05) is 12.4 Å². The van der Waals surface area contributed by atoms with Gasteiger partial charge in [-0.2, -0.15) is 5.10 Å². The highest BCUT2D eigenvalue weighted by atomic mass is 79.9. The third-order valence-electron chi connectivity index (χ3n) is 1.26. The third-order valence-corrected chi connectivity index (χ3v) is 1.88. The fraction of sp³-hybridized carbons (Fsp3) is 0.500. The van der Waals surface area contributed by atoms with Crippen molar-refractivity contribution in [1.29, 1.82) is 0 Å². The molecule has 0 aliphatic heterocycles. The zero-order valence-corrected chi connectivity index (χ0v) is 7.51. The van der Waals surface area contributed by atoms with E-state index < -0.39 is 0 Å². The van der Waals surface area contributed by atoms with Gasteiger partial charge in [-0.05, 0) is 22.4 Å². The van der Waals surface area contributed by atoms with Gasteiger partial charge in [0.1, 0.15) is 0 Å². The van der Waals surface area contributed by atoms with Crippen LogP contribution in [0.1, 0.15) is 6.42 Å². The molecule has 0 unspecified atom stereocenters. The Kier molecular flexibility index (Phi) is 2.87. The van der Waals surface area contributed by atoms with Crippen molar-refractivity contribution >= 4 is 21.7 Å². The monoisotopic (exact) mass is 221 g/mol. The molecule has 0 saturated carbocycles. The van der Waals surface area contributed by atoms with Crippen LogP contribution in [-0.4, -0.2) is 16.5 Å². The van der Waals surface area contributed by atoms with Crippen molar-refractivity contribution in [1.82, 2.24) is 9.78 Å². The van der Waals surface area contributed by atoms with E-state index in [2.05, 4.69) is 21.0 Å². The van der Waals surface area contributed by atoms with Crippen LogP contribution in [0.4, 0.5) is 10.2 Å². The largest absolute Gasteiger partial charge is 0.381 e. The summed E-state index contributed by atoms with van der Waals surface area (Å²) in [6.45, 7) is 0.254. The van der Waals surface area contributed by atoms with E-state index in [1.807, 2.05) is 0 Å². The topological polar surface area (TPSA) is 43.8 Å². The number of nitrogens with two attached hydrogens (primary N) is 1. The van der Waals surface area contributed by atoms with Gasteiger partial charge < -0.3 is 5.73 Å². The van der Waals surface area contributed by atoms with Crippen molar-refractivity contribution < 1.29 is 4.39 Å². The molecule has 2 N–H and O–H groups in total. The maximum atomic E-state index is 11.7. The number of hydrogen-bond acceptors (Lipinski definition) is 2. The number of aromatic nitrogens is 2. The minimum absolute atomic E-state index is 0.322. The summed E-state index contributed by atoms with van der Waals surface area (Å²) < 4.78 is 14.1. The summed E-state index contributed by atoms with van der Waals surface area (Å²) in [4.78, 5) is 0. The molecule has 1 heterocycles. The summed E-state index contributed by atoms with van der Waals surface area (Å²) >= 11 is 3.21. The number of halogens is 2. The van der Waals surface area contributed by atoms with Gasteiger partial charge in [-0.15, -0.1) is 0 Å². The number of nitrogens with zero attached hydrogens (tertiary/aromatic N) is 2. The van der Waals surface area contributed by atoms with Gasteiger partial charge in [0.05, 0.1) is 11.1 Å². The van der Waals surface area contributed by atoms with E-state index in [1.165, 1.54) is 0 Å². The van der Waals surface area contributed by atoms with Crippen LogP contribution in [0.5, 0.6) is 0 Å². The summed E-state index contributed by atoms with van der Waals surface area (Å²) in [5.41, 5.74) is 5.44. The van der Waals surface area contributed by atoms with E-state index in [1.54, 1.807) is 10.9 Å². The van der Waals surface area contributed by atoms with Crippen LogP contribution in [0.25, 0.3) is 0 Å². The van der Waals surface area contributed by atoms with E-state index in [0.29, 0.717) is 18.8 Å². The second-order valence-corrected chi connectivity index (χ2v) is 3.02. The Bertz CT molecular complexity index is 216. The first-order chi connectivity index (χ1) is 5.24. The van der Waals surface area contributed by atoms with Gasteiger partial charge in [-0.3, -0.25) is 9.07 Å². The Balaban J connectivity index is 2.58. The van der Waals surface area contributed by atoms with Crippen LogP contribution < -0.4 is 5.73 Å². The van der Waals surface area contributed by atoms with E-state index in [-0.39, 0.29) is 6.67 Å². The molecule has 0 aliphatic rings. The lowest BCUT2D eigenvalue weighted by molar-refractivity contribution is 0.435. The van der Waals surface area contributed by atoms with Crippen LogP contribution in [-0.2, 0) is 6.54 Å². The van der Waals surface area contributed by atoms with E-state index >= 15 is 0 Å². The van der Waals surface area contributed by atoms with Crippen LogP contribution in [0.3, 0.4) is 0 Å². The molecule has 1 aromatic rings. The average molecular weight is 222 g/mol. The van der Waals surface area contributed by atoms with E-state index in [0.717, 1.165) is 4.47 Å². The maximum Gasteiger partial charge on any atom is 0.159 e. The highest BCUT2D eigenvalue weighted by molar-refractivity contribution is 9.10. The zero-order chi connectivity index (χ0) is 8.27. The number of anilines is 1. The first-order valence-electron chi connectivity index (χ1n) is 3.28. The number of aryl methyl sites for hydroxylation is 1. The van der Waals surface area contributed by atoms with Crippen LogP contribution >= 0.6 is 15.9 Å². The molecule has 0 atom stereocenters. The van der Waals surface area contributed by atoms with Gasteiger partial charge in [0, 0.05) is 12.7 Å². The third kappa shape index (κ3) is 2.18. The first kappa shape index (κ1) is 8.52. The Labute approximate surface area is 72.5 Å². The van der Waals surface area contributed by atoms with Crippen LogP contribution in [0, 0.1) is 0 Å². The predicted molar refractivity (Wildman–Crippen MR) is 44.9 cm³/mol. The molecule has 0 saturated heterocycles. The van der Waals surface area contributed by atoms with Gasteiger partial charge in [-0.25, -0.2) is 0 Å². The number of hydrogen-bond donors (Lipinski definition) is 1. The lowest BCUT2D eigenvalue weighted by Crippen LogP contribution is -1.99. The predicted octanol–water partition coefficient (Wildman–Crippen LogP) is 1.59. The molecular weight excluding hydrogens is 213 g/mol. The molecule has 3 nitrogen and oxygen atoms in total. The molecule has 0 amide bonds. The lowest BCUT2D eigenvalue weighted by Gasteiger charge is -1.95. The summed E-state index contributed by atoms with van der Waals surface area (Å²) in [6, 6.07) is 0. The van der Waals surface area contributed by atoms with Gasteiger partial charge in [0.2, 0.25) is 0 Å². The summed E-state index contributed by atoms with van der Waals surface area (Å²) in [5.74, 6) is 0.448. The molecule has 1 aromatic heterocycles. The van der Waals surface area contributed by atoms with Crippen molar-refractivity contribution in [3.8, 4) is 0 Å². The summed E-state index contributed by atoms with van der Waals surface area (Å²) in [5, 5.41) is 3.93. The molecule has 0 aromatic carbocycles. The average Bonchev–Trinajstić information content (AvgIpc) is 2.28. The fourth-order valence-electron chi connectivity index (χ4n) is 0.748. The minimum Gasteiger partial charge on any atom is -0.381 e. The zero-order valence-electron chi connectivity index (χ0n) is 5.93. The lowest BCUT2D eigenvalue weighted by atomic mass is 10.5. The Hall–Kier alpha value is -0.580. The molecular formula is C6H9BrFN3. The second-order valence-electron chi connectivity index (χ2n) is 2.17. The normalized spacial score (nSPS) is 10.4. The first-order valence-corrected chi connectivity index (χ1v) is 4.07. The van der Waals surface area contributed by atoms with Gasteiger partial charge in [-0.1, -0.05) is 0 Å². The van der Waals surface area contributed by atoms with E-state index in [9.17, 15) is 4.39 Å². The van der Waals surface area contributed by atoms with Crippen molar-refractivity contribution in [3.05, 3.63) is 10.7 Å². The van der Waals surface area contributed by atoms with Crippen LogP contribution in [0.2, 0.25) is 0 Å². The molecule has 11 heavy (non-hydrogen) atoms. The number of rotatable bonds is 3. The highest BCUT2D eigenvalue weighted by Crippen LogP contribution is 2.16. The van der Waals surface area contributed by atoms with Crippen LogP contribution in [0.15, 0.2) is 10.7 Å². The molecule has 62 valence electrons. The SMILES string of the molecule is Nc1nn(CCCF)cc1Br. The van der Waals surface area contributed by atoms with Crippen molar-refractivity contribution in [2.45, 2.75) is 13.0 Å². The number of alkyl halides is 1. The molecule has 0 fully saturated rings. The Morgan fingerprint density at radius 3 is 2.91 bits per heavy atom. The Morgan fingerprint density at radius 1 is 1.73 bits per heavy atom. The molecule has 5 heteroatoms. The number of nitrogen functional groups attached to an aromatic ring is 1.